The molecule has 8 nitrogen and oxygen atoms in total. The van der Waals surface area contributed by atoms with Gasteiger partial charge in [0.05, 0.1) is 12.6 Å². The number of anilines is 1. The number of nitrogens with zero attached hydrogens (tertiary/aromatic N) is 4. The van der Waals surface area contributed by atoms with Crippen LogP contribution in [-0.2, 0) is 11.3 Å². The van der Waals surface area contributed by atoms with Gasteiger partial charge in [0.25, 0.3) is 11.9 Å². The molecule has 8 heteroatoms. The number of benzene rings is 1. The van der Waals surface area contributed by atoms with Crippen molar-refractivity contribution in [2.45, 2.75) is 46.3 Å². The lowest BCUT2D eigenvalue weighted by Gasteiger charge is -2.13. The molecule has 0 radical (unpaired) electrons. The van der Waals surface area contributed by atoms with Gasteiger partial charge < -0.3 is 9.47 Å². The van der Waals surface area contributed by atoms with Crippen molar-refractivity contribution < 1.29 is 14.3 Å². The summed E-state index contributed by atoms with van der Waals surface area (Å²) in [5.74, 6) is 1.20. The van der Waals surface area contributed by atoms with Crippen molar-refractivity contribution in [2.75, 3.05) is 11.9 Å². The fraction of sp³-hybridized carbons (Fsp3) is 0.500. The highest BCUT2D eigenvalue weighted by Gasteiger charge is 2.08. The summed E-state index contributed by atoms with van der Waals surface area (Å²) in [6.45, 7) is 6.61. The summed E-state index contributed by atoms with van der Waals surface area (Å²) < 4.78 is 11.1. The van der Waals surface area contributed by atoms with Crippen molar-refractivity contribution >= 4 is 11.9 Å². The molecule has 0 saturated carbocycles. The van der Waals surface area contributed by atoms with Crippen LogP contribution in [0.2, 0.25) is 0 Å². The number of amides is 1. The number of carbonyl (C=O) groups excluding carboxylic acids is 1. The molecular weight excluding hydrogens is 310 g/mol. The average molecular weight is 333 g/mol. The number of hydrogen-bond acceptors (Lipinski definition) is 6. The maximum atomic E-state index is 11.8. The Labute approximate surface area is 141 Å². The number of carbonyl (C=O) groups is 1. The minimum absolute atomic E-state index is 0.131. The van der Waals surface area contributed by atoms with Crippen molar-refractivity contribution in [3.63, 3.8) is 0 Å². The van der Waals surface area contributed by atoms with E-state index in [0.717, 1.165) is 18.6 Å². The van der Waals surface area contributed by atoms with Gasteiger partial charge in [0.1, 0.15) is 11.5 Å². The molecule has 1 heterocycles. The van der Waals surface area contributed by atoms with Crippen molar-refractivity contribution in [1.82, 2.24) is 20.2 Å². The van der Waals surface area contributed by atoms with E-state index in [1.807, 2.05) is 26.0 Å². The predicted octanol–water partition coefficient (Wildman–Crippen LogP) is 2.28. The molecule has 0 aliphatic heterocycles. The third-order valence-electron chi connectivity index (χ3n) is 3.23. The fourth-order valence-corrected chi connectivity index (χ4v) is 1.83. The highest BCUT2D eigenvalue weighted by Crippen LogP contribution is 2.19. The summed E-state index contributed by atoms with van der Waals surface area (Å²) in [6.07, 6.45) is 2.00. The second-order valence-electron chi connectivity index (χ2n) is 5.35. The summed E-state index contributed by atoms with van der Waals surface area (Å²) in [7, 11) is 0. The zero-order chi connectivity index (χ0) is 17.4. The van der Waals surface area contributed by atoms with E-state index in [0.29, 0.717) is 12.3 Å². The molecular formula is C16H23N5O3. The summed E-state index contributed by atoms with van der Waals surface area (Å²) in [5.41, 5.74) is 0. The van der Waals surface area contributed by atoms with E-state index in [2.05, 4.69) is 27.7 Å². The first-order valence-electron chi connectivity index (χ1n) is 8.07. The minimum Gasteiger partial charge on any atom is -0.491 e. The molecule has 1 amide bonds. The van der Waals surface area contributed by atoms with Crippen LogP contribution in [-0.4, -0.2) is 38.8 Å². The highest BCUT2D eigenvalue weighted by molar-refractivity contribution is 5.90. The second-order valence-corrected chi connectivity index (χ2v) is 5.35. The van der Waals surface area contributed by atoms with E-state index in [1.165, 1.54) is 4.80 Å². The molecule has 2 rings (SSSR count). The molecule has 1 aromatic carbocycles. The van der Waals surface area contributed by atoms with Crippen LogP contribution in [0.15, 0.2) is 24.3 Å². The Morgan fingerprint density at radius 1 is 1.25 bits per heavy atom. The van der Waals surface area contributed by atoms with Gasteiger partial charge in [0.15, 0.2) is 6.61 Å². The standard InChI is InChI=1S/C16H23N5O3/c1-4-10-21-19-16(18-20-21)17-15(22)11-23-13-6-8-14(9-7-13)24-12(3)5-2/h6-9,12H,4-5,10-11H2,1-3H3,(H,17,19,22)/t12-/m1/s1. The van der Waals surface area contributed by atoms with Crippen LogP contribution in [0.4, 0.5) is 5.95 Å². The van der Waals surface area contributed by atoms with Crippen molar-refractivity contribution in [1.29, 1.82) is 0 Å². The zero-order valence-electron chi connectivity index (χ0n) is 14.2. The van der Waals surface area contributed by atoms with Crippen LogP contribution >= 0.6 is 0 Å². The van der Waals surface area contributed by atoms with E-state index < -0.39 is 0 Å². The SMILES string of the molecule is CCCn1nnc(NC(=O)COc2ccc(O[C@H](C)CC)cc2)n1. The number of aryl methyl sites for hydroxylation is 1. The molecule has 0 saturated heterocycles. The number of nitrogens with one attached hydrogen (secondary N) is 1. The summed E-state index contributed by atoms with van der Waals surface area (Å²) in [4.78, 5) is 13.3. The smallest absolute Gasteiger partial charge is 0.270 e. The quantitative estimate of drug-likeness (QED) is 0.757. The molecule has 0 bridgehead atoms. The van der Waals surface area contributed by atoms with Crippen LogP contribution < -0.4 is 14.8 Å². The molecule has 1 atom stereocenters. The Hall–Kier alpha value is -2.64. The Balaban J connectivity index is 1.78. The van der Waals surface area contributed by atoms with Gasteiger partial charge >= 0.3 is 0 Å². The van der Waals surface area contributed by atoms with Crippen molar-refractivity contribution in [3.05, 3.63) is 24.3 Å². The summed E-state index contributed by atoms with van der Waals surface area (Å²) in [6, 6.07) is 7.16. The fourth-order valence-electron chi connectivity index (χ4n) is 1.83. The molecule has 0 unspecified atom stereocenters. The maximum absolute atomic E-state index is 11.8. The molecule has 0 fully saturated rings. The first-order chi connectivity index (χ1) is 11.6. The van der Waals surface area contributed by atoms with Crippen LogP contribution in [0.3, 0.4) is 0 Å². The van der Waals surface area contributed by atoms with Gasteiger partial charge in [-0.15, -0.1) is 5.10 Å². The second kappa shape index (κ2) is 8.85. The van der Waals surface area contributed by atoms with E-state index in [-0.39, 0.29) is 24.6 Å². The topological polar surface area (TPSA) is 91.2 Å². The minimum atomic E-state index is -0.342. The number of aromatic nitrogens is 4. The highest BCUT2D eigenvalue weighted by atomic mass is 16.5. The number of tetrazole rings is 1. The maximum Gasteiger partial charge on any atom is 0.270 e. The van der Waals surface area contributed by atoms with Gasteiger partial charge in [-0.1, -0.05) is 18.9 Å². The van der Waals surface area contributed by atoms with E-state index in [4.69, 9.17) is 9.47 Å². The molecule has 0 aliphatic carbocycles. The summed E-state index contributed by atoms with van der Waals surface area (Å²) >= 11 is 0. The molecule has 1 N–H and O–H groups in total. The van der Waals surface area contributed by atoms with Gasteiger partial charge in [0, 0.05) is 0 Å². The van der Waals surface area contributed by atoms with Gasteiger partial charge in [-0.25, -0.2) is 0 Å². The van der Waals surface area contributed by atoms with E-state index in [1.54, 1.807) is 12.1 Å². The monoisotopic (exact) mass is 333 g/mol. The van der Waals surface area contributed by atoms with Crippen molar-refractivity contribution in [2.24, 2.45) is 0 Å². The van der Waals surface area contributed by atoms with E-state index >= 15 is 0 Å². The third kappa shape index (κ3) is 5.53. The van der Waals surface area contributed by atoms with Gasteiger partial charge in [-0.05, 0) is 49.2 Å². The molecule has 0 aliphatic rings. The Morgan fingerprint density at radius 2 is 1.96 bits per heavy atom. The lowest BCUT2D eigenvalue weighted by molar-refractivity contribution is -0.118. The van der Waals surface area contributed by atoms with Crippen LogP contribution in [0.1, 0.15) is 33.6 Å². The van der Waals surface area contributed by atoms with Crippen LogP contribution in [0.5, 0.6) is 11.5 Å². The number of hydrogen-bond donors (Lipinski definition) is 1. The molecule has 0 spiro atoms. The predicted molar refractivity (Wildman–Crippen MR) is 89.1 cm³/mol. The largest absolute Gasteiger partial charge is 0.491 e. The Kier molecular flexibility index (Phi) is 6.53. The third-order valence-corrected chi connectivity index (χ3v) is 3.23. The Bertz CT molecular complexity index is 641. The molecule has 1 aromatic heterocycles. The molecule has 130 valence electrons. The van der Waals surface area contributed by atoms with Gasteiger partial charge in [0.2, 0.25) is 0 Å². The summed E-state index contributed by atoms with van der Waals surface area (Å²) in [5, 5.41) is 14.2. The molecule has 24 heavy (non-hydrogen) atoms. The lowest BCUT2D eigenvalue weighted by atomic mass is 10.3. The zero-order valence-corrected chi connectivity index (χ0v) is 14.2. The van der Waals surface area contributed by atoms with Crippen LogP contribution in [0, 0.1) is 0 Å². The first-order valence-corrected chi connectivity index (χ1v) is 8.07. The van der Waals surface area contributed by atoms with Crippen molar-refractivity contribution in [3.8, 4) is 11.5 Å². The number of rotatable bonds is 9. The van der Waals surface area contributed by atoms with Gasteiger partial charge in [-0.3, -0.25) is 10.1 Å². The molecule has 2 aromatic rings. The normalized spacial score (nSPS) is 11.8. The van der Waals surface area contributed by atoms with Gasteiger partial charge in [-0.2, -0.15) is 4.80 Å². The Morgan fingerprint density at radius 3 is 2.62 bits per heavy atom. The first kappa shape index (κ1) is 17.7. The average Bonchev–Trinajstić information content (AvgIpc) is 3.01. The van der Waals surface area contributed by atoms with Crippen LogP contribution in [0.25, 0.3) is 0 Å². The number of ether oxygens (including phenoxy) is 2. The van der Waals surface area contributed by atoms with E-state index in [9.17, 15) is 4.79 Å². The lowest BCUT2D eigenvalue weighted by Crippen LogP contribution is -2.21.